The smallest absolute Gasteiger partial charge is 0.223 e. The average molecular weight is 323 g/mol. The van der Waals surface area contributed by atoms with Crippen LogP contribution in [0.3, 0.4) is 0 Å². The lowest BCUT2D eigenvalue weighted by Crippen LogP contribution is -2.36. The molecular formula is C17H25NO3S. The summed E-state index contributed by atoms with van der Waals surface area (Å²) in [5, 5.41) is 19.3. The van der Waals surface area contributed by atoms with Crippen molar-refractivity contribution in [2.45, 2.75) is 37.0 Å². The molecule has 1 amide bonds. The highest BCUT2D eigenvalue weighted by Gasteiger charge is 2.30. The molecular weight excluding hydrogens is 298 g/mol. The second-order valence-electron chi connectivity index (χ2n) is 5.90. The molecule has 1 aliphatic rings. The van der Waals surface area contributed by atoms with Gasteiger partial charge < -0.3 is 15.1 Å². The molecule has 1 heterocycles. The lowest BCUT2D eigenvalue weighted by molar-refractivity contribution is -0.130. The lowest BCUT2D eigenvalue weighted by Gasteiger charge is -2.24. The van der Waals surface area contributed by atoms with E-state index in [9.17, 15) is 15.0 Å². The Labute approximate surface area is 136 Å². The van der Waals surface area contributed by atoms with Crippen molar-refractivity contribution in [3.05, 3.63) is 35.9 Å². The normalized spacial score (nSPS) is 22.4. The van der Waals surface area contributed by atoms with Crippen LogP contribution in [0.5, 0.6) is 0 Å². The summed E-state index contributed by atoms with van der Waals surface area (Å²) in [6.07, 6.45) is 2.32. The molecule has 5 heteroatoms. The molecule has 122 valence electrons. The molecule has 1 saturated heterocycles. The van der Waals surface area contributed by atoms with E-state index in [1.165, 1.54) is 5.56 Å². The highest BCUT2D eigenvalue weighted by molar-refractivity contribution is 7.98. The monoisotopic (exact) mass is 323 g/mol. The van der Waals surface area contributed by atoms with Crippen molar-refractivity contribution in [2.24, 2.45) is 0 Å². The number of carbonyl (C=O) groups is 1. The summed E-state index contributed by atoms with van der Waals surface area (Å²) >= 11 is 1.77. The Kier molecular flexibility index (Phi) is 6.73. The zero-order valence-corrected chi connectivity index (χ0v) is 13.7. The zero-order valence-electron chi connectivity index (χ0n) is 12.9. The Hall–Kier alpha value is -1.04. The van der Waals surface area contributed by atoms with Gasteiger partial charge in [0.25, 0.3) is 0 Å². The van der Waals surface area contributed by atoms with Gasteiger partial charge in [0, 0.05) is 31.0 Å². The molecule has 1 atom stereocenters. The number of likely N-dealkylation sites (tertiary alicyclic amines) is 1. The van der Waals surface area contributed by atoms with E-state index in [0.29, 0.717) is 32.4 Å². The van der Waals surface area contributed by atoms with E-state index in [4.69, 9.17) is 0 Å². The Morgan fingerprint density at radius 2 is 2.00 bits per heavy atom. The third-order valence-corrected chi connectivity index (χ3v) is 5.17. The van der Waals surface area contributed by atoms with Gasteiger partial charge in [-0.05, 0) is 24.8 Å². The number of rotatable bonds is 6. The summed E-state index contributed by atoms with van der Waals surface area (Å²) in [5.41, 5.74) is 0.277. The number of aliphatic hydroxyl groups excluding tert-OH is 1. The van der Waals surface area contributed by atoms with Crippen molar-refractivity contribution < 1.29 is 15.0 Å². The fourth-order valence-electron chi connectivity index (χ4n) is 2.67. The number of hydrogen-bond acceptors (Lipinski definition) is 4. The highest BCUT2D eigenvalue weighted by Crippen LogP contribution is 2.22. The van der Waals surface area contributed by atoms with Gasteiger partial charge in [-0.3, -0.25) is 4.79 Å². The molecule has 0 unspecified atom stereocenters. The number of carbonyl (C=O) groups excluding carboxylic acids is 1. The van der Waals surface area contributed by atoms with Crippen molar-refractivity contribution in [3.8, 4) is 0 Å². The Morgan fingerprint density at radius 1 is 1.23 bits per heavy atom. The molecule has 2 N–H and O–H groups in total. The van der Waals surface area contributed by atoms with Gasteiger partial charge in [-0.2, -0.15) is 11.8 Å². The number of aliphatic hydroxyl groups is 2. The first-order valence-corrected chi connectivity index (χ1v) is 9.01. The molecule has 4 nitrogen and oxygen atoms in total. The fraction of sp³-hybridized carbons (Fsp3) is 0.588. The molecule has 0 radical (unpaired) electrons. The molecule has 0 spiro atoms. The Balaban J connectivity index is 1.69. The third-order valence-electron chi connectivity index (χ3n) is 4.14. The maximum Gasteiger partial charge on any atom is 0.223 e. The van der Waals surface area contributed by atoms with E-state index >= 15 is 0 Å². The Bertz CT molecular complexity index is 468. The number of amides is 1. The topological polar surface area (TPSA) is 60.8 Å². The molecule has 0 aromatic heterocycles. The highest BCUT2D eigenvalue weighted by atomic mass is 32.2. The lowest BCUT2D eigenvalue weighted by atomic mass is 9.96. The van der Waals surface area contributed by atoms with Crippen molar-refractivity contribution in [2.75, 3.05) is 25.4 Å². The molecule has 1 aromatic carbocycles. The van der Waals surface area contributed by atoms with Crippen molar-refractivity contribution in [1.82, 2.24) is 4.90 Å². The molecule has 22 heavy (non-hydrogen) atoms. The summed E-state index contributed by atoms with van der Waals surface area (Å²) in [7, 11) is 0. The van der Waals surface area contributed by atoms with Crippen molar-refractivity contribution >= 4 is 17.7 Å². The summed E-state index contributed by atoms with van der Waals surface area (Å²) in [6.45, 7) is 1.01. The van der Waals surface area contributed by atoms with Gasteiger partial charge in [0.05, 0.1) is 12.2 Å². The minimum absolute atomic E-state index is 0.155. The van der Waals surface area contributed by atoms with Gasteiger partial charge >= 0.3 is 0 Å². The van der Waals surface area contributed by atoms with Gasteiger partial charge in [-0.15, -0.1) is 0 Å². The van der Waals surface area contributed by atoms with Crippen LogP contribution in [-0.2, 0) is 10.5 Å². The van der Waals surface area contributed by atoms with Crippen LogP contribution in [0.2, 0.25) is 0 Å². The van der Waals surface area contributed by atoms with Crippen LogP contribution in [0.1, 0.15) is 31.2 Å². The van der Waals surface area contributed by atoms with Gasteiger partial charge in [-0.25, -0.2) is 0 Å². The first-order chi connectivity index (χ1) is 10.6. The molecule has 2 rings (SSSR count). The van der Waals surface area contributed by atoms with E-state index in [-0.39, 0.29) is 12.5 Å². The van der Waals surface area contributed by atoms with Gasteiger partial charge in [0.15, 0.2) is 0 Å². The van der Waals surface area contributed by atoms with Gasteiger partial charge in [-0.1, -0.05) is 30.3 Å². The van der Waals surface area contributed by atoms with E-state index in [1.54, 1.807) is 11.8 Å². The Morgan fingerprint density at radius 3 is 2.73 bits per heavy atom. The van der Waals surface area contributed by atoms with Gasteiger partial charge in [0.1, 0.15) is 0 Å². The largest absolute Gasteiger partial charge is 0.393 e. The fourth-order valence-corrected chi connectivity index (χ4v) is 3.56. The zero-order chi connectivity index (χ0) is 15.8. The number of benzene rings is 1. The van der Waals surface area contributed by atoms with E-state index in [2.05, 4.69) is 12.1 Å². The summed E-state index contributed by atoms with van der Waals surface area (Å²) in [6, 6.07) is 10.3. The molecule has 1 aromatic rings. The third kappa shape index (κ3) is 5.30. The minimum atomic E-state index is -1.00. The van der Waals surface area contributed by atoms with Gasteiger partial charge in [0.2, 0.25) is 5.91 Å². The predicted octanol–water partition coefficient (Wildman–Crippen LogP) is 2.05. The van der Waals surface area contributed by atoms with Crippen LogP contribution in [0, 0.1) is 0 Å². The number of nitrogens with zero attached hydrogens (tertiary/aromatic N) is 1. The summed E-state index contributed by atoms with van der Waals surface area (Å²) in [5.74, 6) is 1.90. The van der Waals surface area contributed by atoms with Crippen LogP contribution in [0.15, 0.2) is 30.3 Å². The van der Waals surface area contributed by atoms with E-state index in [1.807, 2.05) is 23.1 Å². The molecule has 1 aliphatic heterocycles. The minimum Gasteiger partial charge on any atom is -0.393 e. The SMILES string of the molecule is O=C(CCSCc1ccccc1)N1CCC[C@](O)(CO)CC1. The summed E-state index contributed by atoms with van der Waals surface area (Å²) < 4.78 is 0. The van der Waals surface area contributed by atoms with E-state index in [0.717, 1.165) is 17.9 Å². The van der Waals surface area contributed by atoms with Crippen LogP contribution in [0.25, 0.3) is 0 Å². The number of thioether (sulfide) groups is 1. The molecule has 0 bridgehead atoms. The standard InChI is InChI=1S/C17H25NO3S/c19-14-17(21)8-4-10-18(11-9-17)16(20)7-12-22-13-15-5-2-1-3-6-15/h1-3,5-6,19,21H,4,7-14H2/t17-/m1/s1. The first kappa shape index (κ1) is 17.3. The molecule has 0 saturated carbocycles. The van der Waals surface area contributed by atoms with Crippen LogP contribution in [-0.4, -0.2) is 52.1 Å². The predicted molar refractivity (Wildman–Crippen MR) is 89.7 cm³/mol. The molecule has 0 aliphatic carbocycles. The second-order valence-corrected chi connectivity index (χ2v) is 7.01. The first-order valence-electron chi connectivity index (χ1n) is 7.86. The number of hydrogen-bond donors (Lipinski definition) is 2. The van der Waals surface area contributed by atoms with Crippen molar-refractivity contribution in [1.29, 1.82) is 0 Å². The maximum absolute atomic E-state index is 12.2. The van der Waals surface area contributed by atoms with Crippen molar-refractivity contribution in [3.63, 3.8) is 0 Å². The quantitative estimate of drug-likeness (QED) is 0.787. The van der Waals surface area contributed by atoms with Crippen LogP contribution < -0.4 is 0 Å². The maximum atomic E-state index is 12.2. The second kappa shape index (κ2) is 8.56. The summed E-state index contributed by atoms with van der Waals surface area (Å²) in [4.78, 5) is 14.1. The van der Waals surface area contributed by atoms with Crippen LogP contribution in [0.4, 0.5) is 0 Å². The van der Waals surface area contributed by atoms with Crippen LogP contribution >= 0.6 is 11.8 Å². The average Bonchev–Trinajstić information content (AvgIpc) is 2.75. The van der Waals surface area contributed by atoms with E-state index < -0.39 is 5.60 Å². The molecule has 1 fully saturated rings.